The van der Waals surface area contributed by atoms with Gasteiger partial charge in [-0.15, -0.1) is 24.0 Å². The normalized spacial score (nSPS) is 17.7. The molecule has 1 aromatic rings. The van der Waals surface area contributed by atoms with Gasteiger partial charge < -0.3 is 10.6 Å². The monoisotopic (exact) mass is 473 g/mol. The number of hydrogen-bond donors (Lipinski definition) is 2. The lowest BCUT2D eigenvalue weighted by Gasteiger charge is -2.39. The number of hydrogen-bond acceptors (Lipinski definition) is 3. The summed E-state index contributed by atoms with van der Waals surface area (Å²) in [6.07, 6.45) is 5.38. The van der Waals surface area contributed by atoms with Crippen molar-refractivity contribution in [3.8, 4) is 0 Å². The summed E-state index contributed by atoms with van der Waals surface area (Å²) in [4.78, 5) is 11.4. The minimum absolute atomic E-state index is 0. The van der Waals surface area contributed by atoms with E-state index < -0.39 is 0 Å². The van der Waals surface area contributed by atoms with Crippen molar-refractivity contribution in [1.82, 2.24) is 20.5 Å². The van der Waals surface area contributed by atoms with Gasteiger partial charge in [-0.3, -0.25) is 14.9 Å². The van der Waals surface area contributed by atoms with E-state index in [0.717, 1.165) is 37.1 Å². The minimum Gasteiger partial charge on any atom is -0.356 e. The zero-order valence-electron chi connectivity index (χ0n) is 16.7. The molecule has 0 aliphatic carbocycles. The summed E-state index contributed by atoms with van der Waals surface area (Å²) >= 11 is 0. The Hall–Kier alpha value is -0.890. The van der Waals surface area contributed by atoms with Crippen LogP contribution in [0.5, 0.6) is 0 Å². The van der Waals surface area contributed by atoms with Crippen LogP contribution in [0, 0.1) is 11.8 Å². The maximum Gasteiger partial charge on any atom is 0.191 e. The van der Waals surface area contributed by atoms with Gasteiger partial charge in [0.25, 0.3) is 0 Å². The molecule has 1 aliphatic heterocycles. The molecule has 26 heavy (non-hydrogen) atoms. The molecular weight excluding hydrogens is 437 g/mol. The Morgan fingerprint density at radius 2 is 2.00 bits per heavy atom. The Balaban J connectivity index is 0.00000338. The molecule has 0 aromatic carbocycles. The second kappa shape index (κ2) is 12.5. The van der Waals surface area contributed by atoms with Crippen LogP contribution in [-0.2, 0) is 6.42 Å². The summed E-state index contributed by atoms with van der Waals surface area (Å²) < 4.78 is 0. The van der Waals surface area contributed by atoms with Crippen molar-refractivity contribution in [3.63, 3.8) is 0 Å². The first-order chi connectivity index (χ1) is 12.1. The van der Waals surface area contributed by atoms with Crippen LogP contribution in [0.2, 0.25) is 0 Å². The fourth-order valence-corrected chi connectivity index (χ4v) is 3.42. The summed E-state index contributed by atoms with van der Waals surface area (Å²) in [6.45, 7) is 11.2. The van der Waals surface area contributed by atoms with Gasteiger partial charge in [-0.2, -0.15) is 0 Å². The number of nitrogens with zero attached hydrogens (tertiary/aromatic N) is 3. The van der Waals surface area contributed by atoms with E-state index in [1.165, 1.54) is 25.9 Å². The molecule has 2 heterocycles. The van der Waals surface area contributed by atoms with E-state index >= 15 is 0 Å². The van der Waals surface area contributed by atoms with Gasteiger partial charge in [0, 0.05) is 44.5 Å². The van der Waals surface area contributed by atoms with E-state index in [-0.39, 0.29) is 24.0 Å². The van der Waals surface area contributed by atoms with Crippen LogP contribution >= 0.6 is 24.0 Å². The van der Waals surface area contributed by atoms with Gasteiger partial charge in [0.05, 0.1) is 0 Å². The predicted octanol–water partition coefficient (Wildman–Crippen LogP) is 3.16. The van der Waals surface area contributed by atoms with Crippen molar-refractivity contribution in [2.75, 3.05) is 33.2 Å². The van der Waals surface area contributed by atoms with Gasteiger partial charge in [0.2, 0.25) is 0 Å². The lowest BCUT2D eigenvalue weighted by Crippen LogP contribution is -2.51. The Kier molecular flexibility index (Phi) is 11.1. The zero-order valence-corrected chi connectivity index (χ0v) is 19.1. The highest BCUT2D eigenvalue weighted by Gasteiger charge is 2.25. The minimum atomic E-state index is 0. The van der Waals surface area contributed by atoms with Gasteiger partial charge >= 0.3 is 0 Å². The van der Waals surface area contributed by atoms with E-state index in [1.807, 2.05) is 25.4 Å². The third kappa shape index (κ3) is 7.78. The van der Waals surface area contributed by atoms with Crippen LogP contribution in [0.1, 0.15) is 39.3 Å². The van der Waals surface area contributed by atoms with Crippen molar-refractivity contribution in [3.05, 3.63) is 30.1 Å². The zero-order chi connectivity index (χ0) is 18.1. The summed E-state index contributed by atoms with van der Waals surface area (Å²) in [7, 11) is 1.84. The molecule has 1 unspecified atom stereocenters. The summed E-state index contributed by atoms with van der Waals surface area (Å²) in [5.41, 5.74) is 1.10. The fraction of sp³-hybridized carbons (Fsp3) is 0.700. The standard InChI is InChI=1S/C20H35N5.HI/c1-16(2)19(25-13-9-17(3)10-14-25)15-24-20(21-4)23-12-8-18-7-5-6-11-22-18;/h5-7,11,16-17,19H,8-10,12-15H2,1-4H3,(H2,21,23,24);1H. The summed E-state index contributed by atoms with van der Waals surface area (Å²) in [5.74, 6) is 2.39. The highest BCUT2D eigenvalue weighted by atomic mass is 127. The molecular formula is C20H36IN5. The van der Waals surface area contributed by atoms with Gasteiger partial charge in [-0.25, -0.2) is 0 Å². The first kappa shape index (κ1) is 23.1. The van der Waals surface area contributed by atoms with Crippen molar-refractivity contribution in [2.24, 2.45) is 16.8 Å². The molecule has 2 rings (SSSR count). The second-order valence-electron chi connectivity index (χ2n) is 7.48. The molecule has 2 N–H and O–H groups in total. The van der Waals surface area contributed by atoms with Crippen LogP contribution in [0.25, 0.3) is 0 Å². The highest BCUT2D eigenvalue weighted by molar-refractivity contribution is 14.0. The number of aliphatic imine (C=N–C) groups is 1. The lowest BCUT2D eigenvalue weighted by atomic mass is 9.94. The van der Waals surface area contributed by atoms with Crippen LogP contribution in [0.3, 0.4) is 0 Å². The molecule has 5 nitrogen and oxygen atoms in total. The number of aromatic nitrogens is 1. The Morgan fingerprint density at radius 1 is 1.27 bits per heavy atom. The number of rotatable bonds is 7. The number of piperidine rings is 1. The van der Waals surface area contributed by atoms with Crippen molar-refractivity contribution < 1.29 is 0 Å². The van der Waals surface area contributed by atoms with Crippen LogP contribution < -0.4 is 10.6 Å². The molecule has 0 amide bonds. The molecule has 0 radical (unpaired) electrons. The fourth-order valence-electron chi connectivity index (χ4n) is 3.42. The molecule has 0 bridgehead atoms. The Labute approximate surface area is 176 Å². The largest absolute Gasteiger partial charge is 0.356 e. The van der Waals surface area contributed by atoms with Gasteiger partial charge in [0.1, 0.15) is 0 Å². The average molecular weight is 473 g/mol. The van der Waals surface area contributed by atoms with Gasteiger partial charge in [0.15, 0.2) is 5.96 Å². The van der Waals surface area contributed by atoms with Crippen molar-refractivity contribution in [1.29, 1.82) is 0 Å². The molecule has 0 saturated carbocycles. The third-order valence-electron chi connectivity index (χ3n) is 5.16. The van der Waals surface area contributed by atoms with Crippen molar-refractivity contribution in [2.45, 2.75) is 46.1 Å². The number of likely N-dealkylation sites (tertiary alicyclic amines) is 1. The first-order valence-corrected chi connectivity index (χ1v) is 9.68. The van der Waals surface area contributed by atoms with E-state index in [4.69, 9.17) is 0 Å². The lowest BCUT2D eigenvalue weighted by molar-refractivity contribution is 0.110. The van der Waals surface area contributed by atoms with E-state index in [9.17, 15) is 0 Å². The SMILES string of the molecule is CN=C(NCCc1ccccn1)NCC(C(C)C)N1CCC(C)CC1.I. The maximum atomic E-state index is 4.36. The maximum absolute atomic E-state index is 4.36. The third-order valence-corrected chi connectivity index (χ3v) is 5.16. The number of pyridine rings is 1. The molecule has 1 fully saturated rings. The average Bonchev–Trinajstić information content (AvgIpc) is 2.62. The highest BCUT2D eigenvalue weighted by Crippen LogP contribution is 2.20. The molecule has 1 aliphatic rings. The number of halogens is 1. The predicted molar refractivity (Wildman–Crippen MR) is 121 cm³/mol. The van der Waals surface area contributed by atoms with E-state index in [0.29, 0.717) is 12.0 Å². The number of guanidine groups is 1. The molecule has 1 aromatic heterocycles. The second-order valence-corrected chi connectivity index (χ2v) is 7.48. The van der Waals surface area contributed by atoms with Crippen LogP contribution in [-0.4, -0.2) is 55.1 Å². The first-order valence-electron chi connectivity index (χ1n) is 9.68. The summed E-state index contributed by atoms with van der Waals surface area (Å²) in [5, 5.41) is 6.92. The Morgan fingerprint density at radius 3 is 2.58 bits per heavy atom. The number of nitrogens with one attached hydrogen (secondary N) is 2. The van der Waals surface area contributed by atoms with Gasteiger partial charge in [-0.1, -0.05) is 26.8 Å². The van der Waals surface area contributed by atoms with E-state index in [2.05, 4.69) is 52.3 Å². The quantitative estimate of drug-likeness (QED) is 0.363. The Bertz CT molecular complexity index is 512. The molecule has 0 spiro atoms. The topological polar surface area (TPSA) is 52.6 Å². The molecule has 148 valence electrons. The summed E-state index contributed by atoms with van der Waals surface area (Å²) in [6, 6.07) is 6.60. The molecule has 1 atom stereocenters. The molecule has 6 heteroatoms. The van der Waals surface area contributed by atoms with Crippen LogP contribution in [0.15, 0.2) is 29.4 Å². The van der Waals surface area contributed by atoms with Crippen LogP contribution in [0.4, 0.5) is 0 Å². The van der Waals surface area contributed by atoms with Crippen molar-refractivity contribution >= 4 is 29.9 Å². The smallest absolute Gasteiger partial charge is 0.191 e. The van der Waals surface area contributed by atoms with E-state index in [1.54, 1.807) is 0 Å². The molecule has 1 saturated heterocycles. The van der Waals surface area contributed by atoms with Gasteiger partial charge in [-0.05, 0) is 49.9 Å².